The number of amides is 1. The summed E-state index contributed by atoms with van der Waals surface area (Å²) in [6.45, 7) is 15.2. The van der Waals surface area contributed by atoms with Gasteiger partial charge in [-0.1, -0.05) is 45.2 Å². The lowest BCUT2D eigenvalue weighted by molar-refractivity contribution is -0.0618. The second kappa shape index (κ2) is 11.6. The van der Waals surface area contributed by atoms with E-state index >= 15 is 0 Å². The lowest BCUT2D eigenvalue weighted by Crippen LogP contribution is -2.45. The third kappa shape index (κ3) is 7.36. The SMILES string of the molecule is C=Ic1cc(OCC(C)C)ccc1[C@H](C)Nc1nccc(N2C(=O)OC[C@@H]2[C@@H](C)OC(C)(C)C)n1. The third-order valence-electron chi connectivity index (χ3n) is 5.39. The van der Waals surface area contributed by atoms with Crippen LogP contribution in [0.5, 0.6) is 5.75 Å². The molecule has 1 aromatic heterocycles. The predicted molar refractivity (Wildman–Crippen MR) is 149 cm³/mol. The molecule has 0 unspecified atom stereocenters. The van der Waals surface area contributed by atoms with E-state index in [9.17, 15) is 4.79 Å². The highest BCUT2D eigenvalue weighted by atomic mass is 127. The Morgan fingerprint density at radius 3 is 2.66 bits per heavy atom. The van der Waals surface area contributed by atoms with Crippen molar-refractivity contribution in [2.75, 3.05) is 23.4 Å². The quantitative estimate of drug-likeness (QED) is 0.348. The Kier molecular flexibility index (Phi) is 9.09. The molecular formula is C26H37IN4O4. The average Bonchev–Trinajstić information content (AvgIpc) is 3.18. The molecule has 1 fully saturated rings. The molecule has 0 aliphatic carbocycles. The summed E-state index contributed by atoms with van der Waals surface area (Å²) in [6.07, 6.45) is 0.984. The largest absolute Gasteiger partial charge is 0.493 e. The Morgan fingerprint density at radius 2 is 2.00 bits per heavy atom. The first-order valence-electron chi connectivity index (χ1n) is 11.9. The first-order chi connectivity index (χ1) is 16.5. The van der Waals surface area contributed by atoms with Crippen LogP contribution in [0, 0.1) is 9.49 Å². The molecule has 2 aromatic rings. The molecule has 2 heterocycles. The fourth-order valence-corrected chi connectivity index (χ4v) is 5.45. The first-order valence-corrected chi connectivity index (χ1v) is 14.5. The van der Waals surface area contributed by atoms with Crippen LogP contribution in [0.4, 0.5) is 16.6 Å². The average molecular weight is 597 g/mol. The Hall–Kier alpha value is -2.27. The Labute approximate surface area is 218 Å². The van der Waals surface area contributed by atoms with Crippen molar-refractivity contribution in [3.8, 4) is 5.75 Å². The number of hydrogen-bond acceptors (Lipinski definition) is 7. The molecule has 1 amide bonds. The number of aromatic nitrogens is 2. The van der Waals surface area contributed by atoms with Crippen LogP contribution in [-0.4, -0.2) is 51.5 Å². The smallest absolute Gasteiger partial charge is 0.416 e. The second-order valence-electron chi connectivity index (χ2n) is 10.1. The summed E-state index contributed by atoms with van der Waals surface area (Å²) in [4.78, 5) is 23.2. The van der Waals surface area contributed by atoms with Gasteiger partial charge in [0.15, 0.2) is 0 Å². The number of rotatable bonds is 10. The van der Waals surface area contributed by atoms with E-state index in [0.717, 1.165) is 11.3 Å². The summed E-state index contributed by atoms with van der Waals surface area (Å²) in [5.74, 6) is 2.25. The van der Waals surface area contributed by atoms with E-state index in [1.54, 1.807) is 17.2 Å². The van der Waals surface area contributed by atoms with Crippen molar-refractivity contribution in [2.24, 2.45) is 5.92 Å². The Morgan fingerprint density at radius 1 is 1.26 bits per heavy atom. The maximum absolute atomic E-state index is 12.6. The molecule has 1 saturated heterocycles. The number of ether oxygens (including phenoxy) is 3. The van der Waals surface area contributed by atoms with E-state index in [-0.39, 0.29) is 30.4 Å². The number of anilines is 2. The standard InChI is InChI=1S/C26H37IN4O4/c1-16(2)14-33-19-9-10-20(21(13-19)27-8)17(3)29-24-28-12-11-23(30-24)31-22(15-34-25(31)32)18(4)35-26(5,6)7/h9-13,16-18,22H,8,14-15H2,1-7H3,(H,28,29,30)/t17-,18+,22+/m0/s1. The molecule has 192 valence electrons. The molecule has 0 radical (unpaired) electrons. The second-order valence-corrected chi connectivity index (χ2v) is 12.0. The monoisotopic (exact) mass is 596 g/mol. The van der Waals surface area contributed by atoms with Gasteiger partial charge in [-0.2, -0.15) is 4.98 Å². The molecule has 3 rings (SSSR count). The fraction of sp³-hybridized carbons (Fsp3) is 0.538. The van der Waals surface area contributed by atoms with Gasteiger partial charge in [0.2, 0.25) is 5.95 Å². The Balaban J connectivity index is 1.78. The first kappa shape index (κ1) is 27.3. The van der Waals surface area contributed by atoms with Gasteiger partial charge in [0.25, 0.3) is 0 Å². The minimum Gasteiger partial charge on any atom is -0.493 e. The van der Waals surface area contributed by atoms with Crippen LogP contribution >= 0.6 is 20.7 Å². The summed E-state index contributed by atoms with van der Waals surface area (Å²) < 4.78 is 22.7. The number of cyclic esters (lactones) is 1. The van der Waals surface area contributed by atoms with Crippen LogP contribution in [0.15, 0.2) is 30.5 Å². The fourth-order valence-electron chi connectivity index (χ4n) is 3.83. The summed E-state index contributed by atoms with van der Waals surface area (Å²) in [5.41, 5.74) is 0.804. The molecule has 1 aromatic carbocycles. The molecule has 1 aliphatic heterocycles. The zero-order valence-electron chi connectivity index (χ0n) is 21.7. The van der Waals surface area contributed by atoms with Crippen molar-refractivity contribution in [3.63, 3.8) is 0 Å². The number of halogens is 1. The maximum Gasteiger partial charge on any atom is 0.416 e. The highest BCUT2D eigenvalue weighted by Crippen LogP contribution is 2.30. The third-order valence-corrected chi connectivity index (χ3v) is 7.14. The van der Waals surface area contributed by atoms with Crippen molar-refractivity contribution < 1.29 is 19.0 Å². The predicted octanol–water partition coefficient (Wildman–Crippen LogP) is 5.79. The minimum atomic E-state index is -0.432. The Bertz CT molecular complexity index is 1040. The lowest BCUT2D eigenvalue weighted by Gasteiger charge is -2.31. The van der Waals surface area contributed by atoms with E-state index in [1.807, 2.05) is 33.8 Å². The molecular weight excluding hydrogens is 559 g/mol. The van der Waals surface area contributed by atoms with Crippen LogP contribution in [0.2, 0.25) is 0 Å². The highest BCUT2D eigenvalue weighted by Gasteiger charge is 2.40. The lowest BCUT2D eigenvalue weighted by atomic mass is 10.1. The molecule has 1 N–H and O–H groups in total. The van der Waals surface area contributed by atoms with Gasteiger partial charge in [-0.15, -0.1) is 0 Å². The van der Waals surface area contributed by atoms with Crippen LogP contribution in [0.1, 0.15) is 60.1 Å². The summed E-state index contributed by atoms with van der Waals surface area (Å²) in [6, 6.07) is 7.56. The van der Waals surface area contributed by atoms with E-state index in [0.29, 0.717) is 24.3 Å². The summed E-state index contributed by atoms with van der Waals surface area (Å²) in [7, 11) is 0. The van der Waals surface area contributed by atoms with Gasteiger partial charge < -0.3 is 19.5 Å². The summed E-state index contributed by atoms with van der Waals surface area (Å²) >= 11 is -0.406. The molecule has 3 atom stereocenters. The summed E-state index contributed by atoms with van der Waals surface area (Å²) in [5, 5.41) is 3.38. The number of carbonyl (C=O) groups is 1. The zero-order chi connectivity index (χ0) is 25.8. The van der Waals surface area contributed by atoms with Gasteiger partial charge in [0, 0.05) is 9.77 Å². The van der Waals surface area contributed by atoms with E-state index in [1.165, 1.54) is 3.57 Å². The number of nitrogens with one attached hydrogen (secondary N) is 1. The highest BCUT2D eigenvalue weighted by molar-refractivity contribution is 14.2. The van der Waals surface area contributed by atoms with Gasteiger partial charge in [-0.3, -0.25) is 4.90 Å². The van der Waals surface area contributed by atoms with Crippen molar-refractivity contribution in [1.82, 2.24) is 9.97 Å². The van der Waals surface area contributed by atoms with Crippen LogP contribution in [0.3, 0.4) is 0 Å². The maximum atomic E-state index is 12.6. The molecule has 8 nitrogen and oxygen atoms in total. The normalized spacial score (nSPS) is 17.9. The molecule has 9 heteroatoms. The van der Waals surface area contributed by atoms with Crippen molar-refractivity contribution >= 4 is 43.1 Å². The number of benzene rings is 1. The van der Waals surface area contributed by atoms with Gasteiger partial charge >= 0.3 is 6.09 Å². The molecule has 35 heavy (non-hydrogen) atoms. The molecule has 0 saturated carbocycles. The van der Waals surface area contributed by atoms with Crippen molar-refractivity contribution in [1.29, 1.82) is 0 Å². The van der Waals surface area contributed by atoms with Gasteiger partial charge in [0.1, 0.15) is 24.2 Å². The van der Waals surface area contributed by atoms with Crippen LogP contribution in [0.25, 0.3) is 0 Å². The molecule has 0 spiro atoms. The minimum absolute atomic E-state index is 0.0506. The number of nitrogens with zero attached hydrogens (tertiary/aromatic N) is 3. The zero-order valence-corrected chi connectivity index (χ0v) is 23.8. The van der Waals surface area contributed by atoms with E-state index < -0.39 is 26.8 Å². The number of carbonyl (C=O) groups excluding carboxylic acids is 1. The van der Waals surface area contributed by atoms with Gasteiger partial charge in [-0.25, -0.2) is 9.78 Å². The topological polar surface area (TPSA) is 85.8 Å². The van der Waals surface area contributed by atoms with E-state index in [2.05, 4.69) is 52.7 Å². The number of hydrogen-bond donors (Lipinski definition) is 1. The van der Waals surface area contributed by atoms with Crippen LogP contribution < -0.4 is 15.0 Å². The molecule has 0 bridgehead atoms. The van der Waals surface area contributed by atoms with Gasteiger partial charge in [-0.05, 0) is 64.3 Å². The molecule has 1 aliphatic rings. The van der Waals surface area contributed by atoms with Crippen molar-refractivity contribution in [2.45, 2.75) is 72.3 Å². The van der Waals surface area contributed by atoms with Gasteiger partial charge in [0.05, 0.1) is 24.4 Å². The van der Waals surface area contributed by atoms with Crippen LogP contribution in [-0.2, 0) is 9.47 Å². The van der Waals surface area contributed by atoms with Crippen molar-refractivity contribution in [3.05, 3.63) is 39.6 Å². The van der Waals surface area contributed by atoms with E-state index in [4.69, 9.17) is 14.2 Å².